The van der Waals surface area contributed by atoms with Crippen LogP contribution >= 0.6 is 0 Å². The third kappa shape index (κ3) is 4.91. The summed E-state index contributed by atoms with van der Waals surface area (Å²) in [5.74, 6) is -0.294. The van der Waals surface area contributed by atoms with Gasteiger partial charge >= 0.3 is 0 Å². The highest BCUT2D eigenvalue weighted by Gasteiger charge is 2.39. The molecule has 5 aromatic carbocycles. The Morgan fingerprint density at radius 1 is 0.577 bits per heavy atom. The molecule has 52 heavy (non-hydrogen) atoms. The summed E-state index contributed by atoms with van der Waals surface area (Å²) in [7, 11) is 0. The molecule has 8 heteroatoms. The molecule has 1 unspecified atom stereocenters. The molecular weight excluding hydrogens is 645 g/mol. The number of hydrogen-bond acceptors (Lipinski definition) is 6. The van der Waals surface area contributed by atoms with Gasteiger partial charge in [-0.1, -0.05) is 72.8 Å². The van der Waals surface area contributed by atoms with Gasteiger partial charge in [-0.3, -0.25) is 19.7 Å². The molecule has 1 atom stereocenters. The molecule has 0 fully saturated rings. The number of aromatic nitrogens is 3. The third-order valence-electron chi connectivity index (χ3n) is 9.70. The first-order valence-electron chi connectivity index (χ1n) is 16.6. The first kappa shape index (κ1) is 30.7. The predicted octanol–water partition coefficient (Wildman–Crippen LogP) is 8.97. The van der Waals surface area contributed by atoms with Crippen molar-refractivity contribution in [3.05, 3.63) is 168 Å². The van der Waals surface area contributed by atoms with Crippen molar-refractivity contribution in [3.8, 4) is 51.2 Å². The minimum absolute atomic E-state index is 0.294. The number of hydrogen-bond donors (Lipinski definition) is 1. The smallest absolute Gasteiger partial charge is 0.261 e. The van der Waals surface area contributed by atoms with Crippen LogP contribution in [0.2, 0.25) is 0 Å². The number of carbonyl (C=O) groups is 1. The van der Waals surface area contributed by atoms with Crippen LogP contribution in [-0.4, -0.2) is 25.5 Å². The molecular formula is C44H26N6O2. The Kier molecular flexibility index (Phi) is 7.18. The standard InChI is InChI=1S/C44H26N6O2/c45-21-27-17-33(25-47-23-27)31-11-15-36-37-16-12-32(34-18-28(22-46)24-48-26-34)20-41(37)50(40(36)19-31)39-8-4-7-38-42(39)44(52)49(43(38)51)35-13-9-30(10-14-35)29-5-2-1-3-6-29/h1-20,23-26,44,52H. The summed E-state index contributed by atoms with van der Waals surface area (Å²) >= 11 is 0. The summed E-state index contributed by atoms with van der Waals surface area (Å²) < 4.78 is 2.08. The van der Waals surface area contributed by atoms with Crippen molar-refractivity contribution in [1.82, 2.24) is 14.5 Å². The molecule has 3 aromatic heterocycles. The van der Waals surface area contributed by atoms with E-state index in [9.17, 15) is 20.4 Å². The van der Waals surface area contributed by atoms with Crippen molar-refractivity contribution < 1.29 is 9.90 Å². The van der Waals surface area contributed by atoms with E-state index in [1.165, 1.54) is 17.3 Å². The molecule has 0 saturated heterocycles. The first-order chi connectivity index (χ1) is 25.5. The highest BCUT2D eigenvalue weighted by molar-refractivity contribution is 6.14. The quantitative estimate of drug-likeness (QED) is 0.195. The molecule has 9 rings (SSSR count). The Balaban J connectivity index is 1.25. The summed E-state index contributed by atoms with van der Waals surface area (Å²) in [6, 6.07) is 43.3. The van der Waals surface area contributed by atoms with Gasteiger partial charge in [0.2, 0.25) is 0 Å². The van der Waals surface area contributed by atoms with E-state index in [0.29, 0.717) is 33.6 Å². The molecule has 0 saturated carbocycles. The van der Waals surface area contributed by atoms with Gasteiger partial charge in [0.15, 0.2) is 6.23 Å². The second kappa shape index (κ2) is 12.2. The number of aliphatic hydroxyl groups excluding tert-OH is 1. The van der Waals surface area contributed by atoms with E-state index in [-0.39, 0.29) is 5.91 Å². The van der Waals surface area contributed by atoms with Crippen LogP contribution in [0.5, 0.6) is 0 Å². The number of nitriles is 2. The fourth-order valence-electron chi connectivity index (χ4n) is 7.23. The van der Waals surface area contributed by atoms with Gasteiger partial charge in [-0.25, -0.2) is 0 Å². The molecule has 0 radical (unpaired) electrons. The Hall–Kier alpha value is -7.39. The van der Waals surface area contributed by atoms with E-state index in [4.69, 9.17) is 0 Å². The number of fused-ring (bicyclic) bond motifs is 4. The Morgan fingerprint density at radius 2 is 1.13 bits per heavy atom. The average Bonchev–Trinajstić information content (AvgIpc) is 3.67. The molecule has 4 heterocycles. The maximum Gasteiger partial charge on any atom is 0.261 e. The van der Waals surface area contributed by atoms with Crippen LogP contribution in [-0.2, 0) is 0 Å². The van der Waals surface area contributed by atoms with Crippen molar-refractivity contribution in [2.45, 2.75) is 6.23 Å². The number of pyridine rings is 2. The van der Waals surface area contributed by atoms with E-state index in [2.05, 4.69) is 26.7 Å². The summed E-state index contributed by atoms with van der Waals surface area (Å²) in [6.07, 6.45) is 5.26. The van der Waals surface area contributed by atoms with E-state index in [1.54, 1.807) is 30.6 Å². The SMILES string of the molecule is N#Cc1cncc(-c2ccc3c4ccc(-c5cncc(C#N)c5)cc4n(-c4cccc5c4C(O)N(c4ccc(-c6ccccc6)cc4)C5=O)c3c2)c1. The van der Waals surface area contributed by atoms with Gasteiger partial charge < -0.3 is 9.67 Å². The van der Waals surface area contributed by atoms with Crippen molar-refractivity contribution in [3.63, 3.8) is 0 Å². The predicted molar refractivity (Wildman–Crippen MR) is 200 cm³/mol. The Labute approximate surface area is 298 Å². The zero-order valence-electron chi connectivity index (χ0n) is 27.5. The highest BCUT2D eigenvalue weighted by Crippen LogP contribution is 2.43. The first-order valence-corrected chi connectivity index (χ1v) is 16.6. The second-order valence-electron chi connectivity index (χ2n) is 12.6. The lowest BCUT2D eigenvalue weighted by Crippen LogP contribution is -2.27. The van der Waals surface area contributed by atoms with Crippen LogP contribution in [0.1, 0.15) is 33.3 Å². The minimum Gasteiger partial charge on any atom is -0.369 e. The lowest BCUT2D eigenvalue weighted by Gasteiger charge is -2.22. The molecule has 1 aliphatic heterocycles. The maximum atomic E-state index is 14.1. The monoisotopic (exact) mass is 670 g/mol. The number of benzene rings is 5. The number of rotatable bonds is 5. The van der Waals surface area contributed by atoms with E-state index in [0.717, 1.165) is 55.2 Å². The molecule has 0 bridgehead atoms. The summed E-state index contributed by atoms with van der Waals surface area (Å²) in [5.41, 5.74) is 10.1. The Morgan fingerprint density at radius 3 is 1.71 bits per heavy atom. The molecule has 0 spiro atoms. The largest absolute Gasteiger partial charge is 0.369 e. The van der Waals surface area contributed by atoms with E-state index >= 15 is 0 Å². The molecule has 1 N–H and O–H groups in total. The summed E-state index contributed by atoms with van der Waals surface area (Å²) in [5, 5.41) is 33.1. The zero-order valence-corrected chi connectivity index (χ0v) is 27.5. The average molecular weight is 671 g/mol. The lowest BCUT2D eigenvalue weighted by atomic mass is 10.0. The summed E-state index contributed by atoms with van der Waals surface area (Å²) in [4.78, 5) is 24.1. The van der Waals surface area contributed by atoms with Gasteiger partial charge in [0.1, 0.15) is 12.1 Å². The Bertz CT molecular complexity index is 2700. The number of amides is 1. The van der Waals surface area contributed by atoms with Crippen molar-refractivity contribution in [2.75, 3.05) is 4.90 Å². The maximum absolute atomic E-state index is 14.1. The summed E-state index contributed by atoms with van der Waals surface area (Å²) in [6.45, 7) is 0. The molecule has 8 aromatic rings. The van der Waals surface area contributed by atoms with Crippen LogP contribution in [0.15, 0.2) is 146 Å². The number of nitrogens with zero attached hydrogens (tertiary/aromatic N) is 6. The fraction of sp³-hybridized carbons (Fsp3) is 0.0227. The van der Waals surface area contributed by atoms with Gasteiger partial charge in [0.05, 0.1) is 27.8 Å². The normalized spacial score (nSPS) is 13.6. The number of carbonyl (C=O) groups excluding carboxylic acids is 1. The lowest BCUT2D eigenvalue weighted by molar-refractivity contribution is 0.0935. The molecule has 244 valence electrons. The molecule has 8 nitrogen and oxygen atoms in total. The van der Waals surface area contributed by atoms with Gasteiger partial charge in [-0.2, -0.15) is 10.5 Å². The third-order valence-corrected chi connectivity index (χ3v) is 9.70. The van der Waals surface area contributed by atoms with E-state index in [1.807, 2.05) is 103 Å². The second-order valence-corrected chi connectivity index (χ2v) is 12.6. The number of anilines is 1. The molecule has 1 amide bonds. The molecule has 1 aliphatic rings. The number of aliphatic hydroxyl groups is 1. The fourth-order valence-corrected chi connectivity index (χ4v) is 7.23. The van der Waals surface area contributed by atoms with Gasteiger partial charge in [-0.05, 0) is 70.8 Å². The van der Waals surface area contributed by atoms with Gasteiger partial charge in [0.25, 0.3) is 5.91 Å². The minimum atomic E-state index is -1.26. The van der Waals surface area contributed by atoms with Crippen LogP contribution in [0.3, 0.4) is 0 Å². The van der Waals surface area contributed by atoms with E-state index < -0.39 is 6.23 Å². The van der Waals surface area contributed by atoms with Crippen LogP contribution in [0.4, 0.5) is 5.69 Å². The van der Waals surface area contributed by atoms with Crippen LogP contribution < -0.4 is 4.90 Å². The van der Waals surface area contributed by atoms with Gasteiger partial charge in [-0.15, -0.1) is 0 Å². The van der Waals surface area contributed by atoms with Crippen molar-refractivity contribution in [1.29, 1.82) is 10.5 Å². The molecule has 0 aliphatic carbocycles. The van der Waals surface area contributed by atoms with Crippen molar-refractivity contribution in [2.24, 2.45) is 0 Å². The zero-order chi connectivity index (χ0) is 35.3. The topological polar surface area (TPSA) is 119 Å². The van der Waals surface area contributed by atoms with Crippen LogP contribution in [0, 0.1) is 22.7 Å². The highest BCUT2D eigenvalue weighted by atomic mass is 16.3. The van der Waals surface area contributed by atoms with Gasteiger partial charge in [0, 0.05) is 63.5 Å². The van der Waals surface area contributed by atoms with Crippen LogP contribution in [0.25, 0.3) is 60.9 Å². The van der Waals surface area contributed by atoms with Crippen molar-refractivity contribution >= 4 is 33.4 Å².